The van der Waals surface area contributed by atoms with Gasteiger partial charge < -0.3 is 11.1 Å². The Morgan fingerprint density at radius 1 is 1.47 bits per heavy atom. The predicted molar refractivity (Wildman–Crippen MR) is 70.8 cm³/mol. The summed E-state index contributed by atoms with van der Waals surface area (Å²) in [4.78, 5) is 14.1. The van der Waals surface area contributed by atoms with E-state index in [2.05, 4.69) is 17.1 Å². The first kappa shape index (κ1) is 14.5. The number of nitrogens with one attached hydrogen (secondary N) is 1. The molecule has 1 aliphatic heterocycles. The molecule has 4 heteroatoms. The highest BCUT2D eigenvalue weighted by Gasteiger charge is 2.21. The minimum Gasteiger partial charge on any atom is -0.353 e. The average molecular weight is 241 g/mol. The number of rotatable bonds is 5. The number of carbonyl (C=O) groups is 1. The van der Waals surface area contributed by atoms with Gasteiger partial charge in [-0.2, -0.15) is 0 Å². The summed E-state index contributed by atoms with van der Waals surface area (Å²) in [6.45, 7) is 6.30. The molecule has 1 fully saturated rings. The van der Waals surface area contributed by atoms with Gasteiger partial charge in [-0.15, -0.1) is 0 Å². The standard InChI is InChI=1S/C13H27N3O/c1-3-11(2)15-13(17)10-16-8-6-4-5-7-12(16)9-14/h11-12H,3-10,14H2,1-2H3,(H,15,17). The highest BCUT2D eigenvalue weighted by molar-refractivity contribution is 5.78. The first-order chi connectivity index (χ1) is 8.17. The zero-order valence-corrected chi connectivity index (χ0v) is 11.2. The number of hydrogen-bond donors (Lipinski definition) is 2. The molecule has 0 aromatic rings. The van der Waals surface area contributed by atoms with Crippen LogP contribution in [0.2, 0.25) is 0 Å². The number of nitrogens with two attached hydrogens (primary N) is 1. The monoisotopic (exact) mass is 241 g/mol. The Kier molecular flexibility index (Phi) is 6.52. The van der Waals surface area contributed by atoms with Gasteiger partial charge in [0, 0.05) is 18.6 Å². The van der Waals surface area contributed by atoms with Gasteiger partial charge in [-0.3, -0.25) is 9.69 Å². The fourth-order valence-electron chi connectivity index (χ4n) is 2.32. The SMILES string of the molecule is CCC(C)NC(=O)CN1CCCCCC1CN. The molecule has 1 aliphatic rings. The second kappa shape index (κ2) is 7.67. The molecule has 2 unspecified atom stereocenters. The molecule has 1 saturated heterocycles. The van der Waals surface area contributed by atoms with Gasteiger partial charge in [-0.25, -0.2) is 0 Å². The van der Waals surface area contributed by atoms with Crippen molar-refractivity contribution in [2.75, 3.05) is 19.6 Å². The van der Waals surface area contributed by atoms with Crippen molar-refractivity contribution in [3.8, 4) is 0 Å². The van der Waals surface area contributed by atoms with Gasteiger partial charge in [0.15, 0.2) is 0 Å². The van der Waals surface area contributed by atoms with E-state index >= 15 is 0 Å². The van der Waals surface area contributed by atoms with Crippen molar-refractivity contribution in [1.29, 1.82) is 0 Å². The van der Waals surface area contributed by atoms with Gasteiger partial charge in [0.05, 0.1) is 6.54 Å². The van der Waals surface area contributed by atoms with Crippen LogP contribution >= 0.6 is 0 Å². The molecular formula is C13H27N3O. The third-order valence-electron chi connectivity index (χ3n) is 3.64. The molecule has 4 nitrogen and oxygen atoms in total. The molecule has 0 aromatic carbocycles. The van der Waals surface area contributed by atoms with E-state index in [0.29, 0.717) is 19.1 Å². The largest absolute Gasteiger partial charge is 0.353 e. The summed E-state index contributed by atoms with van der Waals surface area (Å²) >= 11 is 0. The lowest BCUT2D eigenvalue weighted by atomic mass is 10.1. The Balaban J connectivity index is 2.43. The summed E-state index contributed by atoms with van der Waals surface area (Å²) in [5.41, 5.74) is 5.79. The van der Waals surface area contributed by atoms with E-state index < -0.39 is 0 Å². The number of likely N-dealkylation sites (tertiary alicyclic amines) is 1. The molecule has 0 bridgehead atoms. The maximum absolute atomic E-state index is 11.9. The minimum atomic E-state index is 0.139. The number of amides is 1. The van der Waals surface area contributed by atoms with Crippen LogP contribution in [-0.2, 0) is 4.79 Å². The van der Waals surface area contributed by atoms with Crippen molar-refractivity contribution in [3.05, 3.63) is 0 Å². The van der Waals surface area contributed by atoms with E-state index in [9.17, 15) is 4.79 Å². The molecule has 17 heavy (non-hydrogen) atoms. The van der Waals surface area contributed by atoms with Crippen LogP contribution in [0, 0.1) is 0 Å². The number of hydrogen-bond acceptors (Lipinski definition) is 3. The van der Waals surface area contributed by atoms with Crippen molar-refractivity contribution in [2.45, 2.75) is 58.0 Å². The van der Waals surface area contributed by atoms with Gasteiger partial charge in [0.25, 0.3) is 0 Å². The van der Waals surface area contributed by atoms with Crippen molar-refractivity contribution >= 4 is 5.91 Å². The van der Waals surface area contributed by atoms with E-state index in [1.165, 1.54) is 19.3 Å². The summed E-state index contributed by atoms with van der Waals surface area (Å²) in [7, 11) is 0. The van der Waals surface area contributed by atoms with E-state index in [4.69, 9.17) is 5.73 Å². The Morgan fingerprint density at radius 3 is 2.88 bits per heavy atom. The summed E-state index contributed by atoms with van der Waals surface area (Å²) in [5, 5.41) is 3.02. The first-order valence-electron chi connectivity index (χ1n) is 6.90. The third-order valence-corrected chi connectivity index (χ3v) is 3.64. The summed E-state index contributed by atoms with van der Waals surface area (Å²) in [6, 6.07) is 0.658. The highest BCUT2D eigenvalue weighted by atomic mass is 16.2. The average Bonchev–Trinajstić information content (AvgIpc) is 2.53. The number of carbonyl (C=O) groups excluding carboxylic acids is 1. The van der Waals surface area contributed by atoms with Crippen LogP contribution in [0.25, 0.3) is 0 Å². The number of nitrogens with zero attached hydrogens (tertiary/aromatic N) is 1. The molecular weight excluding hydrogens is 214 g/mol. The summed E-state index contributed by atoms with van der Waals surface area (Å²) < 4.78 is 0. The van der Waals surface area contributed by atoms with Crippen molar-refractivity contribution < 1.29 is 4.79 Å². The van der Waals surface area contributed by atoms with E-state index in [-0.39, 0.29) is 11.9 Å². The highest BCUT2D eigenvalue weighted by Crippen LogP contribution is 2.15. The molecule has 0 aliphatic carbocycles. The molecule has 0 saturated carbocycles. The summed E-state index contributed by atoms with van der Waals surface area (Å²) in [5.74, 6) is 0.139. The molecule has 1 rings (SSSR count). The Hall–Kier alpha value is -0.610. The quantitative estimate of drug-likeness (QED) is 0.758. The molecule has 0 aromatic heterocycles. The fourth-order valence-corrected chi connectivity index (χ4v) is 2.32. The van der Waals surface area contributed by atoms with Gasteiger partial charge in [0.1, 0.15) is 0 Å². The van der Waals surface area contributed by atoms with Crippen LogP contribution in [0.15, 0.2) is 0 Å². The normalized spacial score (nSPS) is 24.1. The van der Waals surface area contributed by atoms with Crippen molar-refractivity contribution in [1.82, 2.24) is 10.2 Å². The lowest BCUT2D eigenvalue weighted by molar-refractivity contribution is -0.123. The van der Waals surface area contributed by atoms with Crippen molar-refractivity contribution in [2.24, 2.45) is 5.73 Å². The van der Waals surface area contributed by atoms with E-state index in [1.807, 2.05) is 6.92 Å². The van der Waals surface area contributed by atoms with Crippen LogP contribution in [0.4, 0.5) is 0 Å². The van der Waals surface area contributed by atoms with Crippen LogP contribution in [0.1, 0.15) is 46.0 Å². The second-order valence-electron chi connectivity index (χ2n) is 5.09. The smallest absolute Gasteiger partial charge is 0.234 e. The fraction of sp³-hybridized carbons (Fsp3) is 0.923. The zero-order valence-electron chi connectivity index (χ0n) is 11.2. The topological polar surface area (TPSA) is 58.4 Å². The van der Waals surface area contributed by atoms with Crippen molar-refractivity contribution in [3.63, 3.8) is 0 Å². The van der Waals surface area contributed by atoms with Crippen LogP contribution in [0.3, 0.4) is 0 Å². The lowest BCUT2D eigenvalue weighted by Crippen LogP contribution is -2.47. The van der Waals surface area contributed by atoms with E-state index in [0.717, 1.165) is 19.4 Å². The van der Waals surface area contributed by atoms with Gasteiger partial charge in [-0.05, 0) is 32.7 Å². The van der Waals surface area contributed by atoms with Crippen LogP contribution < -0.4 is 11.1 Å². The molecule has 0 spiro atoms. The minimum absolute atomic E-state index is 0.139. The van der Waals surface area contributed by atoms with Crippen LogP contribution in [-0.4, -0.2) is 42.5 Å². The molecule has 100 valence electrons. The zero-order chi connectivity index (χ0) is 12.7. The maximum Gasteiger partial charge on any atom is 0.234 e. The van der Waals surface area contributed by atoms with Crippen LogP contribution in [0.5, 0.6) is 0 Å². The first-order valence-corrected chi connectivity index (χ1v) is 6.90. The Morgan fingerprint density at radius 2 is 2.24 bits per heavy atom. The Labute approximate surface area is 105 Å². The second-order valence-corrected chi connectivity index (χ2v) is 5.09. The van der Waals surface area contributed by atoms with Gasteiger partial charge >= 0.3 is 0 Å². The lowest BCUT2D eigenvalue weighted by Gasteiger charge is -2.28. The predicted octanol–water partition coefficient (Wildman–Crippen LogP) is 1.10. The van der Waals surface area contributed by atoms with Gasteiger partial charge in [-0.1, -0.05) is 19.8 Å². The summed E-state index contributed by atoms with van der Waals surface area (Å²) in [6.07, 6.45) is 5.80. The molecule has 1 amide bonds. The van der Waals surface area contributed by atoms with E-state index in [1.54, 1.807) is 0 Å². The molecule has 2 atom stereocenters. The Bertz CT molecular complexity index is 233. The molecule has 3 N–H and O–H groups in total. The van der Waals surface area contributed by atoms with Gasteiger partial charge in [0.2, 0.25) is 5.91 Å². The maximum atomic E-state index is 11.9. The molecule has 0 radical (unpaired) electrons. The third kappa shape index (κ3) is 5.04. The molecule has 1 heterocycles.